The van der Waals surface area contributed by atoms with Crippen LogP contribution in [0.1, 0.15) is 56.9 Å². The van der Waals surface area contributed by atoms with Gasteiger partial charge < -0.3 is 14.5 Å². The van der Waals surface area contributed by atoms with Crippen molar-refractivity contribution in [1.82, 2.24) is 19.9 Å². The van der Waals surface area contributed by atoms with Crippen molar-refractivity contribution < 1.29 is 14.3 Å². The fourth-order valence-corrected chi connectivity index (χ4v) is 6.19. The molecule has 1 saturated carbocycles. The van der Waals surface area contributed by atoms with Crippen molar-refractivity contribution in [3.63, 3.8) is 0 Å². The van der Waals surface area contributed by atoms with Gasteiger partial charge in [-0.1, -0.05) is 6.92 Å². The number of ether oxygens (including phenoxy) is 2. The molecule has 0 amide bonds. The SMILES string of the molecule is CCC(=O)C1CCC(c2ccnc3cnc4[nH]ccc4c23)CC1N1CCCC(OCCOC)C1. The van der Waals surface area contributed by atoms with Crippen LogP contribution in [0.25, 0.3) is 21.9 Å². The second-order valence-electron chi connectivity index (χ2n) is 9.79. The molecule has 0 spiro atoms. The van der Waals surface area contributed by atoms with Crippen LogP contribution in [-0.2, 0) is 14.3 Å². The highest BCUT2D eigenvalue weighted by Gasteiger charge is 2.40. The van der Waals surface area contributed by atoms with Crippen LogP contribution in [0.2, 0.25) is 0 Å². The van der Waals surface area contributed by atoms with E-state index < -0.39 is 0 Å². The Morgan fingerprint density at radius 1 is 1.21 bits per heavy atom. The minimum atomic E-state index is 0.112. The lowest BCUT2D eigenvalue weighted by molar-refractivity contribution is -0.127. The molecule has 3 aromatic heterocycles. The van der Waals surface area contributed by atoms with Gasteiger partial charge in [-0.3, -0.25) is 14.7 Å². The quantitative estimate of drug-likeness (QED) is 0.496. The Kier molecular flexibility index (Phi) is 7.23. The summed E-state index contributed by atoms with van der Waals surface area (Å²) in [6.07, 6.45) is 11.7. The molecular weight excluding hydrogens is 428 g/mol. The highest BCUT2D eigenvalue weighted by atomic mass is 16.5. The summed E-state index contributed by atoms with van der Waals surface area (Å²) in [5.41, 5.74) is 3.19. The fraction of sp³-hybridized carbons (Fsp3) is 0.593. The van der Waals surface area contributed by atoms with E-state index in [-0.39, 0.29) is 18.1 Å². The summed E-state index contributed by atoms with van der Waals surface area (Å²) in [6, 6.07) is 4.55. The smallest absolute Gasteiger partial charge is 0.137 e. The van der Waals surface area contributed by atoms with E-state index in [0.717, 1.165) is 61.7 Å². The highest BCUT2D eigenvalue weighted by molar-refractivity contribution is 6.05. The lowest BCUT2D eigenvalue weighted by atomic mass is 9.72. The number of ketones is 1. The van der Waals surface area contributed by atoms with Crippen molar-refractivity contribution in [3.8, 4) is 0 Å². The van der Waals surface area contributed by atoms with Gasteiger partial charge in [0.25, 0.3) is 0 Å². The van der Waals surface area contributed by atoms with Crippen LogP contribution in [0.5, 0.6) is 0 Å². The topological polar surface area (TPSA) is 80.3 Å². The number of aromatic nitrogens is 3. The molecular formula is C27H36N4O3. The van der Waals surface area contributed by atoms with Gasteiger partial charge in [0.15, 0.2) is 0 Å². The summed E-state index contributed by atoms with van der Waals surface area (Å²) < 4.78 is 11.3. The van der Waals surface area contributed by atoms with Gasteiger partial charge in [0.1, 0.15) is 11.4 Å². The van der Waals surface area contributed by atoms with Crippen molar-refractivity contribution in [2.45, 2.75) is 63.5 Å². The van der Waals surface area contributed by atoms with Crippen molar-refractivity contribution in [2.24, 2.45) is 5.92 Å². The molecule has 3 aromatic rings. The molecule has 2 aliphatic rings. The van der Waals surface area contributed by atoms with Gasteiger partial charge in [0.2, 0.25) is 0 Å². The van der Waals surface area contributed by atoms with Crippen molar-refractivity contribution in [1.29, 1.82) is 0 Å². The van der Waals surface area contributed by atoms with E-state index in [1.807, 2.05) is 25.5 Å². The first-order valence-corrected chi connectivity index (χ1v) is 12.8. The lowest BCUT2D eigenvalue weighted by Gasteiger charge is -2.45. The summed E-state index contributed by atoms with van der Waals surface area (Å²) in [7, 11) is 1.71. The number of rotatable bonds is 8. The van der Waals surface area contributed by atoms with E-state index in [4.69, 9.17) is 9.47 Å². The summed E-state index contributed by atoms with van der Waals surface area (Å²) in [6.45, 7) is 5.19. The zero-order valence-electron chi connectivity index (χ0n) is 20.3. The van der Waals surface area contributed by atoms with Gasteiger partial charge in [-0.25, -0.2) is 4.98 Å². The summed E-state index contributed by atoms with van der Waals surface area (Å²) in [5, 5.41) is 2.34. The van der Waals surface area contributed by atoms with Crippen LogP contribution in [0.3, 0.4) is 0 Å². The molecule has 4 unspecified atom stereocenters. The number of nitrogens with zero attached hydrogens (tertiary/aromatic N) is 3. The number of methoxy groups -OCH3 is 1. The minimum absolute atomic E-state index is 0.112. The predicted molar refractivity (Wildman–Crippen MR) is 133 cm³/mol. The van der Waals surface area contributed by atoms with Gasteiger partial charge >= 0.3 is 0 Å². The van der Waals surface area contributed by atoms with Crippen molar-refractivity contribution >= 4 is 27.7 Å². The third kappa shape index (κ3) is 4.61. The molecule has 34 heavy (non-hydrogen) atoms. The Morgan fingerprint density at radius 3 is 2.97 bits per heavy atom. The molecule has 0 bridgehead atoms. The van der Waals surface area contributed by atoms with Gasteiger partial charge in [0, 0.05) is 55.2 Å². The van der Waals surface area contributed by atoms with Crippen LogP contribution in [-0.4, -0.2) is 71.2 Å². The first-order valence-electron chi connectivity index (χ1n) is 12.8. The number of piperidine rings is 1. The summed E-state index contributed by atoms with van der Waals surface area (Å²) >= 11 is 0. The number of carbonyl (C=O) groups excluding carboxylic acids is 1. The number of pyridine rings is 2. The average molecular weight is 465 g/mol. The van der Waals surface area contributed by atoms with Crippen LogP contribution in [0.15, 0.2) is 30.7 Å². The van der Waals surface area contributed by atoms with Gasteiger partial charge in [-0.15, -0.1) is 0 Å². The Bertz CT molecular complexity index is 1130. The summed E-state index contributed by atoms with van der Waals surface area (Å²) in [4.78, 5) is 28.0. The molecule has 4 heterocycles. The van der Waals surface area contributed by atoms with Crippen molar-refractivity contribution in [2.75, 3.05) is 33.4 Å². The Hall–Kier alpha value is -2.35. The van der Waals surface area contributed by atoms with Gasteiger partial charge in [-0.05, 0) is 62.3 Å². The van der Waals surface area contributed by atoms with E-state index in [2.05, 4.69) is 32.0 Å². The molecule has 7 nitrogen and oxygen atoms in total. The monoisotopic (exact) mass is 464 g/mol. The van der Waals surface area contributed by atoms with Crippen LogP contribution < -0.4 is 0 Å². The minimum Gasteiger partial charge on any atom is -0.382 e. The third-order valence-electron chi connectivity index (χ3n) is 7.86. The van der Waals surface area contributed by atoms with Gasteiger partial charge in [0.05, 0.1) is 31.0 Å². The van der Waals surface area contributed by atoms with E-state index in [1.54, 1.807) is 7.11 Å². The maximum atomic E-state index is 13.0. The Labute approximate surface area is 201 Å². The normalized spacial score (nSPS) is 26.3. The average Bonchev–Trinajstić information content (AvgIpc) is 3.37. The van der Waals surface area contributed by atoms with E-state index in [9.17, 15) is 4.79 Å². The summed E-state index contributed by atoms with van der Waals surface area (Å²) in [5.74, 6) is 0.912. The molecule has 1 saturated heterocycles. The number of nitrogens with one attached hydrogen (secondary N) is 1. The second kappa shape index (κ2) is 10.5. The molecule has 1 N–H and O–H groups in total. The van der Waals surface area contributed by atoms with Gasteiger partial charge in [-0.2, -0.15) is 0 Å². The third-order valence-corrected chi connectivity index (χ3v) is 7.86. The molecule has 2 fully saturated rings. The number of aromatic amines is 1. The number of carbonyl (C=O) groups is 1. The number of fused-ring (bicyclic) bond motifs is 3. The standard InChI is InChI=1S/C27H36N4O3/c1-3-25(32)21-7-6-18(15-24(21)31-12-4-5-19(17-31)34-14-13-33-2)20-8-10-28-23-16-30-27-22(26(20)23)9-11-29-27/h8-11,16,18-19,21,24H,3-7,12-15,17H2,1-2H3,(H,29,30). The number of Topliss-reactive ketones (excluding diaryl/α,β-unsaturated/α-hetero) is 1. The Balaban J connectivity index is 1.43. The van der Waals surface area contributed by atoms with Crippen LogP contribution in [0, 0.1) is 5.92 Å². The Morgan fingerprint density at radius 2 is 2.12 bits per heavy atom. The van der Waals surface area contributed by atoms with Crippen molar-refractivity contribution in [3.05, 3.63) is 36.3 Å². The fourth-order valence-electron chi connectivity index (χ4n) is 6.19. The number of likely N-dealkylation sites (tertiary alicyclic amines) is 1. The molecule has 7 heteroatoms. The molecule has 0 aromatic carbocycles. The first kappa shape index (κ1) is 23.4. The van der Waals surface area contributed by atoms with E-state index >= 15 is 0 Å². The van der Waals surface area contributed by atoms with Crippen LogP contribution in [0.4, 0.5) is 0 Å². The number of hydrogen-bond donors (Lipinski definition) is 1. The number of hydrogen-bond acceptors (Lipinski definition) is 6. The molecule has 1 aliphatic carbocycles. The van der Waals surface area contributed by atoms with Crippen LogP contribution >= 0.6 is 0 Å². The molecule has 1 aliphatic heterocycles. The predicted octanol–water partition coefficient (Wildman–Crippen LogP) is 4.47. The maximum absolute atomic E-state index is 13.0. The zero-order chi connectivity index (χ0) is 23.5. The van der Waals surface area contributed by atoms with E-state index in [0.29, 0.717) is 31.3 Å². The number of H-pyrrole nitrogens is 1. The first-order chi connectivity index (χ1) is 16.7. The molecule has 182 valence electrons. The lowest BCUT2D eigenvalue weighted by Crippen LogP contribution is -2.52. The molecule has 4 atom stereocenters. The molecule has 0 radical (unpaired) electrons. The highest BCUT2D eigenvalue weighted by Crippen LogP contribution is 2.42. The largest absolute Gasteiger partial charge is 0.382 e. The maximum Gasteiger partial charge on any atom is 0.137 e. The second-order valence-corrected chi connectivity index (χ2v) is 9.79. The zero-order valence-corrected chi connectivity index (χ0v) is 20.3. The van der Waals surface area contributed by atoms with E-state index in [1.165, 1.54) is 10.9 Å². The molecule has 5 rings (SSSR count).